The average molecular weight is 417 g/mol. The van der Waals surface area contributed by atoms with Crippen molar-refractivity contribution in [1.29, 1.82) is 0 Å². The van der Waals surface area contributed by atoms with E-state index in [0.717, 1.165) is 38.6 Å². The number of amides is 1. The van der Waals surface area contributed by atoms with Crippen LogP contribution in [0.15, 0.2) is 72.8 Å². The minimum atomic E-state index is 0.0288. The SMILES string of the molecule is CCc1cccc2sc(N(Cc3ccccc3)C(=O)Cc3ccc(OC)cc3)nc12. The van der Waals surface area contributed by atoms with Crippen molar-refractivity contribution in [3.8, 4) is 5.75 Å². The predicted octanol–water partition coefficient (Wildman–Crippen LogP) is 5.64. The third-order valence-corrected chi connectivity index (χ3v) is 6.15. The molecule has 0 radical (unpaired) electrons. The fourth-order valence-electron chi connectivity index (χ4n) is 3.44. The molecular formula is C25H24N2O2S. The highest BCUT2D eigenvalue weighted by molar-refractivity contribution is 7.22. The van der Waals surface area contributed by atoms with Crippen LogP contribution in [-0.2, 0) is 24.2 Å². The van der Waals surface area contributed by atoms with Crippen LogP contribution in [0.4, 0.5) is 5.13 Å². The molecule has 0 atom stereocenters. The number of para-hydroxylation sites is 1. The molecule has 1 heterocycles. The molecule has 152 valence electrons. The number of thiazole rings is 1. The van der Waals surface area contributed by atoms with Crippen molar-refractivity contribution in [2.75, 3.05) is 12.0 Å². The Morgan fingerprint density at radius 3 is 2.43 bits per heavy atom. The molecule has 4 aromatic rings. The Hall–Kier alpha value is -3.18. The first-order valence-corrected chi connectivity index (χ1v) is 10.8. The van der Waals surface area contributed by atoms with Gasteiger partial charge < -0.3 is 4.74 Å². The average Bonchev–Trinajstić information content (AvgIpc) is 3.22. The summed E-state index contributed by atoms with van der Waals surface area (Å²) in [4.78, 5) is 20.0. The molecule has 0 bridgehead atoms. The molecule has 0 spiro atoms. The predicted molar refractivity (Wildman–Crippen MR) is 123 cm³/mol. The van der Waals surface area contributed by atoms with Crippen molar-refractivity contribution in [1.82, 2.24) is 4.98 Å². The lowest BCUT2D eigenvalue weighted by Gasteiger charge is -2.20. The van der Waals surface area contributed by atoms with Gasteiger partial charge in [-0.05, 0) is 41.3 Å². The molecule has 30 heavy (non-hydrogen) atoms. The van der Waals surface area contributed by atoms with Crippen molar-refractivity contribution < 1.29 is 9.53 Å². The van der Waals surface area contributed by atoms with E-state index in [0.29, 0.717) is 13.0 Å². The summed E-state index contributed by atoms with van der Waals surface area (Å²) < 4.78 is 6.33. The second-order valence-corrected chi connectivity index (χ2v) is 8.11. The van der Waals surface area contributed by atoms with E-state index >= 15 is 0 Å². The molecule has 3 aromatic carbocycles. The van der Waals surface area contributed by atoms with Crippen LogP contribution >= 0.6 is 11.3 Å². The van der Waals surface area contributed by atoms with Crippen molar-refractivity contribution in [3.63, 3.8) is 0 Å². The normalized spacial score (nSPS) is 10.9. The van der Waals surface area contributed by atoms with Crippen LogP contribution in [0.25, 0.3) is 10.2 Å². The summed E-state index contributed by atoms with van der Waals surface area (Å²) in [5, 5.41) is 0.744. The summed E-state index contributed by atoms with van der Waals surface area (Å²) in [6.07, 6.45) is 1.23. The van der Waals surface area contributed by atoms with Gasteiger partial charge >= 0.3 is 0 Å². The van der Waals surface area contributed by atoms with Gasteiger partial charge in [-0.25, -0.2) is 4.98 Å². The smallest absolute Gasteiger partial charge is 0.233 e. The Morgan fingerprint density at radius 2 is 1.73 bits per heavy atom. The van der Waals surface area contributed by atoms with Crippen LogP contribution in [0.1, 0.15) is 23.6 Å². The van der Waals surface area contributed by atoms with Crippen molar-refractivity contribution >= 4 is 32.6 Å². The van der Waals surface area contributed by atoms with Crippen LogP contribution in [0, 0.1) is 0 Å². The third kappa shape index (κ3) is 4.36. The first-order valence-electron chi connectivity index (χ1n) is 10.0. The van der Waals surface area contributed by atoms with Gasteiger partial charge in [0.2, 0.25) is 5.91 Å². The molecule has 0 aliphatic carbocycles. The molecule has 0 unspecified atom stereocenters. The Labute approximate surface area is 180 Å². The molecular weight excluding hydrogens is 392 g/mol. The Bertz CT molecular complexity index is 1140. The Kier molecular flexibility index (Phi) is 6.10. The van der Waals surface area contributed by atoms with Gasteiger partial charge in [0.1, 0.15) is 5.75 Å². The summed E-state index contributed by atoms with van der Waals surface area (Å²) in [5.41, 5.74) is 4.23. The highest BCUT2D eigenvalue weighted by Gasteiger charge is 2.21. The van der Waals surface area contributed by atoms with E-state index in [-0.39, 0.29) is 5.91 Å². The lowest BCUT2D eigenvalue weighted by atomic mass is 10.1. The Balaban J connectivity index is 1.67. The number of carbonyl (C=O) groups is 1. The molecule has 4 rings (SSSR count). The zero-order chi connectivity index (χ0) is 20.9. The van der Waals surface area contributed by atoms with Crippen molar-refractivity contribution in [2.45, 2.75) is 26.3 Å². The van der Waals surface area contributed by atoms with Gasteiger partial charge in [0.15, 0.2) is 5.13 Å². The summed E-state index contributed by atoms with van der Waals surface area (Å²) in [6.45, 7) is 2.63. The van der Waals surface area contributed by atoms with E-state index in [1.54, 1.807) is 18.4 Å². The van der Waals surface area contributed by atoms with E-state index in [9.17, 15) is 4.79 Å². The molecule has 0 fully saturated rings. The third-order valence-electron chi connectivity index (χ3n) is 5.10. The lowest BCUT2D eigenvalue weighted by Crippen LogP contribution is -2.31. The number of aromatic nitrogens is 1. The largest absolute Gasteiger partial charge is 0.497 e. The topological polar surface area (TPSA) is 42.4 Å². The summed E-state index contributed by atoms with van der Waals surface area (Å²) in [5.74, 6) is 0.812. The zero-order valence-corrected chi connectivity index (χ0v) is 18.0. The fraction of sp³-hybridized carbons (Fsp3) is 0.200. The zero-order valence-electron chi connectivity index (χ0n) is 17.2. The second-order valence-electron chi connectivity index (χ2n) is 7.10. The van der Waals surface area contributed by atoms with Gasteiger partial charge in [0, 0.05) is 0 Å². The van der Waals surface area contributed by atoms with Gasteiger partial charge in [0.25, 0.3) is 0 Å². The monoisotopic (exact) mass is 416 g/mol. The first kappa shape index (κ1) is 20.1. The number of methoxy groups -OCH3 is 1. The number of ether oxygens (including phenoxy) is 1. The molecule has 0 saturated carbocycles. The first-order chi connectivity index (χ1) is 14.7. The van der Waals surface area contributed by atoms with Crippen LogP contribution in [-0.4, -0.2) is 18.0 Å². The van der Waals surface area contributed by atoms with Crippen LogP contribution in [0.2, 0.25) is 0 Å². The number of benzene rings is 3. The van der Waals surface area contributed by atoms with Gasteiger partial charge in [-0.1, -0.05) is 72.9 Å². The quantitative estimate of drug-likeness (QED) is 0.391. The maximum absolute atomic E-state index is 13.4. The highest BCUT2D eigenvalue weighted by atomic mass is 32.1. The second kappa shape index (κ2) is 9.09. The number of nitrogens with zero attached hydrogens (tertiary/aromatic N) is 2. The molecule has 0 aliphatic rings. The number of carbonyl (C=O) groups excluding carboxylic acids is 1. The summed E-state index contributed by atoms with van der Waals surface area (Å²) in [6, 6.07) is 23.9. The van der Waals surface area contributed by atoms with E-state index in [1.807, 2.05) is 59.5 Å². The lowest BCUT2D eigenvalue weighted by molar-refractivity contribution is -0.118. The number of rotatable bonds is 7. The molecule has 5 heteroatoms. The minimum Gasteiger partial charge on any atom is -0.497 e. The Morgan fingerprint density at radius 1 is 0.967 bits per heavy atom. The van der Waals surface area contributed by atoms with E-state index < -0.39 is 0 Å². The molecule has 1 amide bonds. The molecule has 4 nitrogen and oxygen atoms in total. The summed E-state index contributed by atoms with van der Waals surface area (Å²) >= 11 is 1.57. The van der Waals surface area contributed by atoms with E-state index in [2.05, 4.69) is 25.1 Å². The van der Waals surface area contributed by atoms with E-state index in [4.69, 9.17) is 9.72 Å². The fourth-order valence-corrected chi connectivity index (χ4v) is 4.47. The number of fused-ring (bicyclic) bond motifs is 1. The molecule has 1 aromatic heterocycles. The van der Waals surface area contributed by atoms with Gasteiger partial charge in [0.05, 0.1) is 30.3 Å². The highest BCUT2D eigenvalue weighted by Crippen LogP contribution is 2.32. The molecule has 0 N–H and O–H groups in total. The number of anilines is 1. The van der Waals surface area contributed by atoms with Crippen LogP contribution < -0.4 is 9.64 Å². The summed E-state index contributed by atoms with van der Waals surface area (Å²) in [7, 11) is 1.64. The van der Waals surface area contributed by atoms with E-state index in [1.165, 1.54) is 5.56 Å². The maximum Gasteiger partial charge on any atom is 0.233 e. The van der Waals surface area contributed by atoms with Gasteiger partial charge in [-0.3, -0.25) is 9.69 Å². The van der Waals surface area contributed by atoms with Crippen LogP contribution in [0.5, 0.6) is 5.75 Å². The van der Waals surface area contributed by atoms with Gasteiger partial charge in [-0.2, -0.15) is 0 Å². The number of aryl methyl sites for hydroxylation is 1. The maximum atomic E-state index is 13.4. The number of hydrogen-bond donors (Lipinski definition) is 0. The standard InChI is InChI=1S/C25H24N2O2S/c1-3-20-10-7-11-22-24(20)26-25(30-22)27(17-19-8-5-4-6-9-19)23(28)16-18-12-14-21(29-2)15-13-18/h4-15H,3,16-17H2,1-2H3. The van der Waals surface area contributed by atoms with Crippen LogP contribution in [0.3, 0.4) is 0 Å². The van der Waals surface area contributed by atoms with Crippen molar-refractivity contribution in [2.24, 2.45) is 0 Å². The molecule has 0 aliphatic heterocycles. The molecule has 0 saturated heterocycles. The van der Waals surface area contributed by atoms with Gasteiger partial charge in [-0.15, -0.1) is 0 Å². The number of hydrogen-bond acceptors (Lipinski definition) is 4. The minimum absolute atomic E-state index is 0.0288. The van der Waals surface area contributed by atoms with Crippen molar-refractivity contribution in [3.05, 3.63) is 89.5 Å².